The number of aliphatic hydroxyl groups is 4. The van der Waals surface area contributed by atoms with Gasteiger partial charge in [0.05, 0.1) is 18.8 Å². The van der Waals surface area contributed by atoms with Crippen LogP contribution in [-0.2, 0) is 4.79 Å². The summed E-state index contributed by atoms with van der Waals surface area (Å²) in [5.74, 6) is -0.588. The molecule has 0 saturated heterocycles. The Hall–Kier alpha value is -1.47. The zero-order valence-electron chi connectivity index (χ0n) is 52.7. The van der Waals surface area contributed by atoms with Gasteiger partial charge in [-0.1, -0.05) is 352 Å². The second kappa shape index (κ2) is 66.3. The van der Waals surface area contributed by atoms with Crippen LogP contribution in [0.15, 0.2) is 36.5 Å². The number of aliphatic hydroxyl groups excluding tert-OH is 4. The Balaban J connectivity index is 3.55. The highest BCUT2D eigenvalue weighted by Gasteiger charge is 2.28. The van der Waals surface area contributed by atoms with Crippen LogP contribution in [-0.4, -0.2) is 57.3 Å². The number of hydrogen-bond donors (Lipinski definition) is 5. The first-order chi connectivity index (χ1) is 38.5. The molecule has 0 heterocycles. The molecule has 0 aliphatic heterocycles. The maximum absolute atomic E-state index is 12.7. The van der Waals surface area contributed by atoms with Crippen LogP contribution in [0.4, 0.5) is 0 Å². The van der Waals surface area contributed by atoms with Gasteiger partial charge in [0.2, 0.25) is 5.91 Å². The van der Waals surface area contributed by atoms with E-state index in [0.717, 1.165) is 44.9 Å². The molecule has 0 fully saturated rings. The van der Waals surface area contributed by atoms with Gasteiger partial charge in [0.1, 0.15) is 12.2 Å². The summed E-state index contributed by atoms with van der Waals surface area (Å²) in [5.41, 5.74) is 0. The molecule has 0 spiro atoms. The second-order valence-corrected chi connectivity index (χ2v) is 24.6. The van der Waals surface area contributed by atoms with Crippen LogP contribution in [0.5, 0.6) is 0 Å². The third kappa shape index (κ3) is 59.2. The molecule has 0 aliphatic rings. The molecule has 0 rings (SSSR count). The Bertz CT molecular complexity index is 1230. The molecule has 0 bridgehead atoms. The van der Waals surface area contributed by atoms with E-state index >= 15 is 0 Å². The second-order valence-electron chi connectivity index (χ2n) is 24.6. The van der Waals surface area contributed by atoms with Crippen molar-refractivity contribution in [1.82, 2.24) is 5.32 Å². The van der Waals surface area contributed by atoms with Crippen molar-refractivity contribution in [2.24, 2.45) is 0 Å². The zero-order chi connectivity index (χ0) is 56.6. The molecule has 0 aromatic rings. The predicted octanol–water partition coefficient (Wildman–Crippen LogP) is 21.9. The van der Waals surface area contributed by atoms with Gasteiger partial charge in [-0.05, 0) is 70.6 Å². The van der Waals surface area contributed by atoms with Crippen LogP contribution in [0.25, 0.3) is 0 Å². The summed E-state index contributed by atoms with van der Waals surface area (Å²) in [4.78, 5) is 12.7. The van der Waals surface area contributed by atoms with E-state index in [1.165, 1.54) is 315 Å². The smallest absolute Gasteiger partial charge is 0.249 e. The van der Waals surface area contributed by atoms with Crippen molar-refractivity contribution in [1.29, 1.82) is 0 Å². The van der Waals surface area contributed by atoms with Crippen molar-refractivity contribution < 1.29 is 25.2 Å². The van der Waals surface area contributed by atoms with Crippen molar-refractivity contribution in [2.45, 2.75) is 411 Å². The van der Waals surface area contributed by atoms with Gasteiger partial charge in [-0.15, -0.1) is 0 Å². The van der Waals surface area contributed by atoms with Crippen LogP contribution < -0.4 is 5.32 Å². The number of nitrogens with one attached hydrogen (secondary N) is 1. The molecule has 1 amide bonds. The fraction of sp³-hybridized carbons (Fsp3) is 0.903. The minimum Gasteiger partial charge on any atom is -0.394 e. The first-order valence-corrected chi connectivity index (χ1v) is 35.4. The molecule has 78 heavy (non-hydrogen) atoms. The normalized spacial score (nSPS) is 13.7. The highest BCUT2D eigenvalue weighted by Crippen LogP contribution is 2.19. The number of carbonyl (C=O) groups excluding carboxylic acids is 1. The Labute approximate surface area is 487 Å². The molecule has 4 atom stereocenters. The summed E-state index contributed by atoms with van der Waals surface area (Å²) in [7, 11) is 0. The van der Waals surface area contributed by atoms with Gasteiger partial charge >= 0.3 is 0 Å². The summed E-state index contributed by atoms with van der Waals surface area (Å²) in [6.45, 7) is 4.10. The van der Waals surface area contributed by atoms with Crippen molar-refractivity contribution in [3.05, 3.63) is 36.5 Å². The van der Waals surface area contributed by atoms with Crippen molar-refractivity contribution in [3.63, 3.8) is 0 Å². The van der Waals surface area contributed by atoms with E-state index in [2.05, 4.69) is 55.6 Å². The first-order valence-electron chi connectivity index (χ1n) is 35.4. The standard InChI is InChI=1S/C72H139NO5/c1-3-5-7-9-11-13-15-17-19-21-23-25-27-29-30-31-32-33-34-35-36-37-38-39-40-41-42-44-46-48-50-52-54-56-58-60-62-64-66-70(76)72(78)73-68(67-74)71(77)69(75)65-63-61-59-57-55-53-51-49-47-45-43-28-26-24-22-20-18-16-14-12-10-8-6-4-2/h32-33,35-36,57,59,68-71,74-77H,3-31,34,37-56,58,60-67H2,1-2H3,(H,73,78)/b33-32-,36-35-,59-57+. The van der Waals surface area contributed by atoms with Gasteiger partial charge in [-0.25, -0.2) is 0 Å². The molecule has 4 unspecified atom stereocenters. The predicted molar refractivity (Wildman–Crippen MR) is 344 cm³/mol. The summed E-state index contributed by atoms with van der Waals surface area (Å²) in [6.07, 6.45) is 85.7. The SMILES string of the molecule is CCCCCCCCCCCCCCCCC/C=C\C/C=C\CCCCCCCCCCCCCCCCCCC(O)C(=O)NC(CO)C(O)C(O)CCC/C=C/CCCCCCCCCCCCCCCCCCCCC. The Morgan fingerprint density at radius 3 is 0.846 bits per heavy atom. The Kier molecular flexibility index (Phi) is 65.1. The number of allylic oxidation sites excluding steroid dienone is 6. The molecule has 6 nitrogen and oxygen atoms in total. The molecule has 0 aromatic carbocycles. The monoisotopic (exact) mass is 1100 g/mol. The van der Waals surface area contributed by atoms with Crippen molar-refractivity contribution >= 4 is 5.91 Å². The van der Waals surface area contributed by atoms with Crippen molar-refractivity contribution in [3.8, 4) is 0 Å². The molecular weight excluding hydrogens is 959 g/mol. The summed E-state index contributed by atoms with van der Waals surface area (Å²) in [6, 6.07) is -1.00. The lowest BCUT2D eigenvalue weighted by atomic mass is 10.00. The topological polar surface area (TPSA) is 110 Å². The fourth-order valence-corrected chi connectivity index (χ4v) is 11.3. The Morgan fingerprint density at radius 1 is 0.321 bits per heavy atom. The molecular formula is C72H139NO5. The van der Waals surface area contributed by atoms with E-state index in [1.807, 2.05) is 0 Å². The van der Waals surface area contributed by atoms with E-state index in [4.69, 9.17) is 0 Å². The number of rotatable bonds is 66. The van der Waals surface area contributed by atoms with E-state index < -0.39 is 36.9 Å². The third-order valence-corrected chi connectivity index (χ3v) is 16.8. The highest BCUT2D eigenvalue weighted by molar-refractivity contribution is 5.80. The van der Waals surface area contributed by atoms with Crippen LogP contribution in [0.1, 0.15) is 386 Å². The third-order valence-electron chi connectivity index (χ3n) is 16.8. The molecule has 0 saturated carbocycles. The van der Waals surface area contributed by atoms with Crippen molar-refractivity contribution in [2.75, 3.05) is 6.61 Å². The van der Waals surface area contributed by atoms with Gasteiger partial charge in [-0.2, -0.15) is 0 Å². The minimum absolute atomic E-state index is 0.365. The van der Waals surface area contributed by atoms with E-state index in [0.29, 0.717) is 12.8 Å². The van der Waals surface area contributed by atoms with Crippen LogP contribution in [0.3, 0.4) is 0 Å². The molecule has 0 aliphatic carbocycles. The lowest BCUT2D eigenvalue weighted by Gasteiger charge is -2.27. The molecule has 6 heteroatoms. The average molecular weight is 1100 g/mol. The van der Waals surface area contributed by atoms with E-state index in [9.17, 15) is 25.2 Å². The van der Waals surface area contributed by atoms with Gasteiger partial charge in [-0.3, -0.25) is 4.79 Å². The molecule has 462 valence electrons. The van der Waals surface area contributed by atoms with E-state index in [-0.39, 0.29) is 0 Å². The molecule has 5 N–H and O–H groups in total. The van der Waals surface area contributed by atoms with Crippen LogP contribution >= 0.6 is 0 Å². The average Bonchev–Trinajstić information content (AvgIpc) is 3.45. The summed E-state index contributed by atoms with van der Waals surface area (Å²) >= 11 is 0. The van der Waals surface area contributed by atoms with Gasteiger partial charge in [0.15, 0.2) is 0 Å². The fourth-order valence-electron chi connectivity index (χ4n) is 11.3. The Morgan fingerprint density at radius 2 is 0.564 bits per heavy atom. The van der Waals surface area contributed by atoms with Gasteiger partial charge in [0, 0.05) is 0 Å². The zero-order valence-corrected chi connectivity index (χ0v) is 52.7. The summed E-state index contributed by atoms with van der Waals surface area (Å²) < 4.78 is 0. The van der Waals surface area contributed by atoms with Gasteiger partial charge < -0.3 is 25.7 Å². The maximum atomic E-state index is 12.7. The lowest BCUT2D eigenvalue weighted by molar-refractivity contribution is -0.132. The molecule has 0 radical (unpaired) electrons. The first kappa shape index (κ1) is 76.5. The quantitative estimate of drug-likeness (QED) is 0.0308. The summed E-state index contributed by atoms with van der Waals surface area (Å²) in [5, 5.41) is 44.2. The lowest BCUT2D eigenvalue weighted by Crippen LogP contribution is -2.53. The number of carbonyl (C=O) groups is 1. The van der Waals surface area contributed by atoms with Gasteiger partial charge in [0.25, 0.3) is 0 Å². The highest BCUT2D eigenvalue weighted by atomic mass is 16.3. The largest absolute Gasteiger partial charge is 0.394 e. The van der Waals surface area contributed by atoms with Crippen LogP contribution in [0.2, 0.25) is 0 Å². The number of unbranched alkanes of at least 4 members (excludes halogenated alkanes) is 51. The molecule has 0 aromatic heterocycles. The van der Waals surface area contributed by atoms with E-state index in [1.54, 1.807) is 0 Å². The number of amides is 1. The van der Waals surface area contributed by atoms with Crippen LogP contribution in [0, 0.1) is 0 Å². The minimum atomic E-state index is -1.28. The maximum Gasteiger partial charge on any atom is 0.249 e. The number of hydrogen-bond acceptors (Lipinski definition) is 5.